The summed E-state index contributed by atoms with van der Waals surface area (Å²) >= 11 is 1.41. The number of hydrogen-bond acceptors (Lipinski definition) is 2. The van der Waals surface area contributed by atoms with Crippen LogP contribution < -0.4 is 0 Å². The summed E-state index contributed by atoms with van der Waals surface area (Å²) in [5, 5.41) is 12.6. The molecular weight excluding hydrogens is 258 g/mol. The van der Waals surface area contributed by atoms with E-state index in [2.05, 4.69) is 0 Å². The van der Waals surface area contributed by atoms with E-state index < -0.39 is 17.6 Å². The number of aliphatic carboxylic acids is 1. The predicted molar refractivity (Wildman–Crippen MR) is 66.2 cm³/mol. The molecule has 1 aromatic carbocycles. The Morgan fingerprint density at radius 3 is 2.39 bits per heavy atom. The highest BCUT2D eigenvalue weighted by atomic mass is 32.1. The maximum absolute atomic E-state index is 13.1. The lowest BCUT2D eigenvalue weighted by atomic mass is 10.0. The lowest BCUT2D eigenvalue weighted by Gasteiger charge is -2.03. The molecule has 2 nitrogen and oxygen atoms in total. The van der Waals surface area contributed by atoms with Crippen LogP contribution in [0.3, 0.4) is 0 Å². The molecule has 0 aliphatic rings. The van der Waals surface area contributed by atoms with E-state index >= 15 is 0 Å². The van der Waals surface area contributed by atoms with Crippen molar-refractivity contribution in [2.45, 2.75) is 0 Å². The van der Waals surface area contributed by atoms with Gasteiger partial charge in [0.05, 0.1) is 5.57 Å². The van der Waals surface area contributed by atoms with Crippen molar-refractivity contribution in [2.24, 2.45) is 0 Å². The minimum Gasteiger partial charge on any atom is -0.478 e. The van der Waals surface area contributed by atoms with Crippen molar-refractivity contribution < 1.29 is 18.7 Å². The zero-order chi connectivity index (χ0) is 13.1. The van der Waals surface area contributed by atoms with Gasteiger partial charge in [0.2, 0.25) is 0 Å². The van der Waals surface area contributed by atoms with Gasteiger partial charge < -0.3 is 5.11 Å². The van der Waals surface area contributed by atoms with Gasteiger partial charge in [0.1, 0.15) is 11.6 Å². The Bertz CT molecular complexity index is 583. The normalized spacial score (nSPS) is 11.6. The Hall–Kier alpha value is -2.01. The summed E-state index contributed by atoms with van der Waals surface area (Å²) < 4.78 is 26.1. The Labute approximate surface area is 106 Å². The van der Waals surface area contributed by atoms with Crippen molar-refractivity contribution in [1.82, 2.24) is 0 Å². The molecule has 0 aliphatic heterocycles. The molecule has 0 fully saturated rings. The first-order valence-electron chi connectivity index (χ1n) is 5.00. The second-order valence-electron chi connectivity index (χ2n) is 3.58. The van der Waals surface area contributed by atoms with E-state index in [0.29, 0.717) is 11.6 Å². The minimum absolute atomic E-state index is 0.00574. The Kier molecular flexibility index (Phi) is 3.53. The number of carboxylic acids is 1. The fourth-order valence-electron chi connectivity index (χ4n) is 1.50. The maximum Gasteiger partial charge on any atom is 0.336 e. The highest BCUT2D eigenvalue weighted by Gasteiger charge is 2.13. The van der Waals surface area contributed by atoms with Crippen LogP contribution in [0.4, 0.5) is 8.78 Å². The van der Waals surface area contributed by atoms with Crippen molar-refractivity contribution in [1.29, 1.82) is 0 Å². The predicted octanol–water partition coefficient (Wildman–Crippen LogP) is 3.65. The molecule has 2 rings (SSSR count). The van der Waals surface area contributed by atoms with Gasteiger partial charge in [0.25, 0.3) is 0 Å². The molecule has 1 heterocycles. The quantitative estimate of drug-likeness (QED) is 0.861. The standard InChI is InChI=1S/C13H8F2O2S/c14-10-4-9(5-11(15)6-10)12(13(16)17)3-8-1-2-18-7-8/h1-7H,(H,16,17). The van der Waals surface area contributed by atoms with Crippen molar-refractivity contribution >= 4 is 29.0 Å². The largest absolute Gasteiger partial charge is 0.478 e. The molecule has 18 heavy (non-hydrogen) atoms. The summed E-state index contributed by atoms with van der Waals surface area (Å²) in [6, 6.07) is 4.42. The Morgan fingerprint density at radius 2 is 1.89 bits per heavy atom. The van der Waals surface area contributed by atoms with Gasteiger partial charge in [-0.2, -0.15) is 11.3 Å². The van der Waals surface area contributed by atoms with Gasteiger partial charge in [-0.1, -0.05) is 0 Å². The molecule has 2 aromatic rings. The topological polar surface area (TPSA) is 37.3 Å². The summed E-state index contributed by atoms with van der Waals surface area (Å²) in [7, 11) is 0. The molecule has 92 valence electrons. The molecule has 0 saturated heterocycles. The van der Waals surface area contributed by atoms with Gasteiger partial charge >= 0.3 is 5.97 Å². The first kappa shape index (κ1) is 12.4. The lowest BCUT2D eigenvalue weighted by Crippen LogP contribution is -2.00. The number of thiophene rings is 1. The number of rotatable bonds is 3. The molecule has 5 heteroatoms. The van der Waals surface area contributed by atoms with Gasteiger partial charge in [0.15, 0.2) is 0 Å². The van der Waals surface area contributed by atoms with Crippen LogP contribution in [0.2, 0.25) is 0 Å². The molecule has 0 bridgehead atoms. The zero-order valence-corrected chi connectivity index (χ0v) is 9.88. The van der Waals surface area contributed by atoms with Crippen LogP contribution in [0, 0.1) is 11.6 Å². The molecule has 1 aromatic heterocycles. The number of hydrogen-bond donors (Lipinski definition) is 1. The SMILES string of the molecule is O=C(O)C(=Cc1ccsc1)c1cc(F)cc(F)c1. The second-order valence-corrected chi connectivity index (χ2v) is 4.36. The molecule has 0 spiro atoms. The summed E-state index contributed by atoms with van der Waals surface area (Å²) in [6.07, 6.45) is 1.38. The maximum atomic E-state index is 13.1. The summed E-state index contributed by atoms with van der Waals surface area (Å²) in [4.78, 5) is 11.1. The van der Waals surface area contributed by atoms with E-state index in [4.69, 9.17) is 5.11 Å². The van der Waals surface area contributed by atoms with Crippen LogP contribution in [0.1, 0.15) is 11.1 Å². The third-order valence-electron chi connectivity index (χ3n) is 2.26. The summed E-state index contributed by atoms with van der Waals surface area (Å²) in [6.45, 7) is 0. The second kappa shape index (κ2) is 5.10. The van der Waals surface area contributed by atoms with E-state index in [9.17, 15) is 13.6 Å². The average Bonchev–Trinajstić information content (AvgIpc) is 2.76. The zero-order valence-electron chi connectivity index (χ0n) is 9.06. The lowest BCUT2D eigenvalue weighted by molar-refractivity contribution is -0.130. The van der Waals surface area contributed by atoms with Crippen LogP contribution >= 0.6 is 11.3 Å². The van der Waals surface area contributed by atoms with Crippen LogP contribution in [0.5, 0.6) is 0 Å². The van der Waals surface area contributed by atoms with E-state index in [0.717, 1.165) is 12.1 Å². The monoisotopic (exact) mass is 266 g/mol. The highest BCUT2D eigenvalue weighted by Crippen LogP contribution is 2.21. The van der Waals surface area contributed by atoms with E-state index in [1.807, 2.05) is 0 Å². The van der Waals surface area contributed by atoms with Crippen molar-refractivity contribution in [3.05, 3.63) is 57.8 Å². The first-order valence-corrected chi connectivity index (χ1v) is 5.94. The Balaban J connectivity index is 2.51. The van der Waals surface area contributed by atoms with E-state index in [1.54, 1.807) is 16.8 Å². The van der Waals surface area contributed by atoms with Crippen molar-refractivity contribution in [3.63, 3.8) is 0 Å². The molecular formula is C13H8F2O2S. The molecule has 0 amide bonds. The molecule has 0 radical (unpaired) electrons. The fourth-order valence-corrected chi connectivity index (χ4v) is 2.12. The molecule has 0 saturated carbocycles. The number of halogens is 2. The Morgan fingerprint density at radius 1 is 1.22 bits per heavy atom. The first-order chi connectivity index (χ1) is 8.56. The fraction of sp³-hybridized carbons (Fsp3) is 0. The van der Waals surface area contributed by atoms with Gasteiger partial charge in [-0.15, -0.1) is 0 Å². The van der Waals surface area contributed by atoms with Gasteiger partial charge in [-0.3, -0.25) is 0 Å². The summed E-state index contributed by atoms with van der Waals surface area (Å²) in [5.74, 6) is -2.84. The van der Waals surface area contributed by atoms with Crippen LogP contribution in [0.15, 0.2) is 35.0 Å². The van der Waals surface area contributed by atoms with Crippen molar-refractivity contribution in [2.75, 3.05) is 0 Å². The van der Waals surface area contributed by atoms with Gasteiger partial charge in [-0.25, -0.2) is 13.6 Å². The van der Waals surface area contributed by atoms with E-state index in [1.165, 1.54) is 17.4 Å². The number of benzene rings is 1. The van der Waals surface area contributed by atoms with E-state index in [-0.39, 0.29) is 11.1 Å². The van der Waals surface area contributed by atoms with Crippen LogP contribution in [-0.2, 0) is 4.79 Å². The van der Waals surface area contributed by atoms with Gasteiger partial charge in [-0.05, 0) is 46.2 Å². The summed E-state index contributed by atoms with van der Waals surface area (Å²) in [5.41, 5.74) is 0.542. The third-order valence-corrected chi connectivity index (χ3v) is 2.96. The van der Waals surface area contributed by atoms with Crippen LogP contribution in [-0.4, -0.2) is 11.1 Å². The molecule has 1 N–H and O–H groups in total. The minimum atomic E-state index is -1.23. The van der Waals surface area contributed by atoms with Gasteiger partial charge in [0, 0.05) is 6.07 Å². The van der Waals surface area contributed by atoms with Crippen LogP contribution in [0.25, 0.3) is 11.6 Å². The average molecular weight is 266 g/mol. The molecule has 0 atom stereocenters. The number of carbonyl (C=O) groups is 1. The number of carboxylic acid groups (broad SMARTS) is 1. The molecule has 0 aliphatic carbocycles. The smallest absolute Gasteiger partial charge is 0.336 e. The third kappa shape index (κ3) is 2.81. The molecule has 0 unspecified atom stereocenters. The van der Waals surface area contributed by atoms with Crippen molar-refractivity contribution in [3.8, 4) is 0 Å². The highest BCUT2D eigenvalue weighted by molar-refractivity contribution is 7.08.